The highest BCUT2D eigenvalue weighted by Gasteiger charge is 2.44. The Kier molecular flexibility index (Phi) is 15.7. The van der Waals surface area contributed by atoms with Gasteiger partial charge in [-0.3, -0.25) is 4.79 Å². The lowest BCUT2D eigenvalue weighted by Gasteiger charge is -2.37. The number of ether oxygens (including phenoxy) is 7. The second-order valence-corrected chi connectivity index (χ2v) is 6.95. The number of hydrogen-bond acceptors (Lipinski definition) is 10. The van der Waals surface area contributed by atoms with Crippen LogP contribution in [0.5, 0.6) is 0 Å². The van der Waals surface area contributed by atoms with E-state index in [2.05, 4.69) is 0 Å². The highest BCUT2D eigenvalue weighted by Crippen LogP contribution is 2.22. The second kappa shape index (κ2) is 17.4. The number of nitrogens with one attached hydrogen (secondary N) is 1. The van der Waals surface area contributed by atoms with Gasteiger partial charge in [0.2, 0.25) is 0 Å². The van der Waals surface area contributed by atoms with Crippen molar-refractivity contribution in [3.05, 3.63) is 0 Å². The molecule has 1 rings (SSSR count). The standard InChI is InChI=1S/C19H34F3NO10/c1-27-2-3-28-4-5-29-6-7-30-8-9-31-10-11-32-13-15-17(25)14(12-16(24)33-15)23-18(26)19(20,21)22/h14-17,24-25H,2-13H2,1H3,(H,23,26)/t14-,15-,16?,17-/m0/s1. The first-order chi connectivity index (χ1) is 15.8. The SMILES string of the molecule is COCCOCCOCCOCCOCCOC[C@@H]1OC(O)C[C@H](NC(=O)C(F)(F)F)[C@@H]1O. The third-order valence-electron chi connectivity index (χ3n) is 4.36. The third kappa shape index (κ3) is 14.0. The number of alkyl halides is 3. The van der Waals surface area contributed by atoms with Gasteiger partial charge in [-0.25, -0.2) is 0 Å². The molecule has 0 aromatic rings. The first-order valence-electron chi connectivity index (χ1n) is 10.5. The van der Waals surface area contributed by atoms with Crippen LogP contribution in [0.15, 0.2) is 0 Å². The summed E-state index contributed by atoms with van der Waals surface area (Å²) >= 11 is 0. The molecule has 0 spiro atoms. The average Bonchev–Trinajstić information content (AvgIpc) is 2.75. The molecule has 0 aliphatic carbocycles. The van der Waals surface area contributed by atoms with Crippen molar-refractivity contribution in [1.82, 2.24) is 5.32 Å². The Hall–Kier alpha value is -1.10. The van der Waals surface area contributed by atoms with E-state index in [4.69, 9.17) is 33.2 Å². The Bertz CT molecular complexity index is 515. The van der Waals surface area contributed by atoms with Gasteiger partial charge in [0.15, 0.2) is 6.29 Å². The van der Waals surface area contributed by atoms with Crippen LogP contribution in [0.2, 0.25) is 0 Å². The molecule has 0 bridgehead atoms. The van der Waals surface area contributed by atoms with Gasteiger partial charge in [0, 0.05) is 13.5 Å². The molecule has 1 fully saturated rings. The molecule has 1 amide bonds. The van der Waals surface area contributed by atoms with Crippen LogP contribution in [0, 0.1) is 0 Å². The molecule has 3 N–H and O–H groups in total. The van der Waals surface area contributed by atoms with E-state index >= 15 is 0 Å². The van der Waals surface area contributed by atoms with E-state index in [9.17, 15) is 28.2 Å². The van der Waals surface area contributed by atoms with Crippen molar-refractivity contribution < 1.29 is 61.3 Å². The van der Waals surface area contributed by atoms with E-state index in [1.165, 1.54) is 0 Å². The van der Waals surface area contributed by atoms with E-state index < -0.39 is 36.6 Å². The number of methoxy groups -OCH3 is 1. The topological polar surface area (TPSA) is 134 Å². The molecule has 0 radical (unpaired) electrons. The van der Waals surface area contributed by atoms with E-state index in [-0.39, 0.29) is 26.2 Å². The first-order valence-corrected chi connectivity index (χ1v) is 10.5. The Balaban J connectivity index is 2.01. The van der Waals surface area contributed by atoms with Gasteiger partial charge in [-0.2, -0.15) is 13.2 Å². The summed E-state index contributed by atoms with van der Waals surface area (Å²) in [5.74, 6) is -2.20. The molecule has 0 aromatic carbocycles. The molecule has 1 aliphatic rings. The fourth-order valence-corrected chi connectivity index (χ4v) is 2.71. The van der Waals surface area contributed by atoms with E-state index in [0.29, 0.717) is 52.9 Å². The Labute approximate surface area is 190 Å². The molecule has 0 aromatic heterocycles. The number of hydrogen-bond donors (Lipinski definition) is 3. The molecule has 11 nitrogen and oxygen atoms in total. The van der Waals surface area contributed by atoms with Crippen LogP contribution in [0.25, 0.3) is 0 Å². The van der Waals surface area contributed by atoms with Crippen molar-refractivity contribution in [2.45, 2.75) is 37.1 Å². The van der Waals surface area contributed by atoms with Crippen LogP contribution in [-0.2, 0) is 38.0 Å². The predicted molar refractivity (Wildman–Crippen MR) is 105 cm³/mol. The van der Waals surface area contributed by atoms with Crippen LogP contribution in [0.1, 0.15) is 6.42 Å². The zero-order chi connectivity index (χ0) is 24.5. The summed E-state index contributed by atoms with van der Waals surface area (Å²) < 4.78 is 73.6. The normalized spacial score (nSPS) is 23.6. The van der Waals surface area contributed by atoms with Crippen LogP contribution in [-0.4, -0.2) is 127 Å². The lowest BCUT2D eigenvalue weighted by molar-refractivity contribution is -0.224. The van der Waals surface area contributed by atoms with E-state index in [1.807, 2.05) is 0 Å². The third-order valence-corrected chi connectivity index (χ3v) is 4.36. The smallest absolute Gasteiger partial charge is 0.388 e. The first kappa shape index (κ1) is 29.9. The molecular weight excluding hydrogens is 459 g/mol. The maximum absolute atomic E-state index is 12.4. The summed E-state index contributed by atoms with van der Waals surface area (Å²) in [5, 5.41) is 21.4. The van der Waals surface area contributed by atoms with Crippen LogP contribution < -0.4 is 5.32 Å². The molecule has 1 heterocycles. The zero-order valence-corrected chi connectivity index (χ0v) is 18.6. The molecule has 14 heteroatoms. The summed E-state index contributed by atoms with van der Waals surface area (Å²) in [4.78, 5) is 11.1. The minimum atomic E-state index is -5.10. The van der Waals surface area contributed by atoms with Crippen molar-refractivity contribution in [2.24, 2.45) is 0 Å². The molecule has 4 atom stereocenters. The predicted octanol–water partition coefficient (Wildman–Crippen LogP) is -0.769. The highest BCUT2D eigenvalue weighted by atomic mass is 19.4. The van der Waals surface area contributed by atoms with Gasteiger partial charge in [0.1, 0.15) is 12.2 Å². The Morgan fingerprint density at radius 2 is 1.33 bits per heavy atom. The zero-order valence-electron chi connectivity index (χ0n) is 18.6. The largest absolute Gasteiger partial charge is 0.471 e. The van der Waals surface area contributed by atoms with Crippen molar-refractivity contribution >= 4 is 5.91 Å². The summed E-state index contributed by atoms with van der Waals surface area (Å²) in [6.45, 7) is 3.63. The monoisotopic (exact) mass is 493 g/mol. The van der Waals surface area contributed by atoms with Gasteiger partial charge < -0.3 is 48.7 Å². The fraction of sp³-hybridized carbons (Fsp3) is 0.947. The summed E-state index contributed by atoms with van der Waals surface area (Å²) in [5.41, 5.74) is 0. The van der Waals surface area contributed by atoms with Gasteiger partial charge in [-0.15, -0.1) is 0 Å². The average molecular weight is 493 g/mol. The number of carbonyl (C=O) groups is 1. The van der Waals surface area contributed by atoms with Crippen molar-refractivity contribution in [3.63, 3.8) is 0 Å². The molecule has 1 saturated heterocycles. The number of rotatable bonds is 18. The Morgan fingerprint density at radius 3 is 1.79 bits per heavy atom. The Morgan fingerprint density at radius 1 is 0.879 bits per heavy atom. The van der Waals surface area contributed by atoms with Gasteiger partial charge in [0.25, 0.3) is 0 Å². The molecular formula is C19H34F3NO10. The lowest BCUT2D eigenvalue weighted by Crippen LogP contribution is -2.58. The van der Waals surface area contributed by atoms with Gasteiger partial charge in [-0.05, 0) is 0 Å². The van der Waals surface area contributed by atoms with Crippen LogP contribution >= 0.6 is 0 Å². The minimum Gasteiger partial charge on any atom is -0.388 e. The van der Waals surface area contributed by atoms with Crippen LogP contribution in [0.4, 0.5) is 13.2 Å². The quantitative estimate of drug-likeness (QED) is 0.209. The molecule has 0 saturated carbocycles. The molecule has 1 aliphatic heterocycles. The maximum atomic E-state index is 12.4. The summed E-state index contributed by atoms with van der Waals surface area (Å²) in [6.07, 6.45) is -9.51. The number of aliphatic hydroxyl groups is 2. The number of carbonyl (C=O) groups excluding carboxylic acids is 1. The summed E-state index contributed by atoms with van der Waals surface area (Å²) in [6, 6.07) is -1.32. The lowest BCUT2D eigenvalue weighted by atomic mass is 9.99. The van der Waals surface area contributed by atoms with Gasteiger partial charge >= 0.3 is 12.1 Å². The molecule has 1 unspecified atom stereocenters. The number of amides is 1. The van der Waals surface area contributed by atoms with E-state index in [0.717, 1.165) is 0 Å². The minimum absolute atomic E-state index is 0.119. The van der Waals surface area contributed by atoms with Gasteiger partial charge in [-0.1, -0.05) is 0 Å². The molecule has 33 heavy (non-hydrogen) atoms. The second-order valence-electron chi connectivity index (χ2n) is 6.95. The summed E-state index contributed by atoms with van der Waals surface area (Å²) in [7, 11) is 1.60. The molecule has 196 valence electrons. The van der Waals surface area contributed by atoms with E-state index in [1.54, 1.807) is 12.4 Å². The number of halogens is 3. The highest BCUT2D eigenvalue weighted by molar-refractivity contribution is 5.82. The van der Waals surface area contributed by atoms with Crippen molar-refractivity contribution in [1.29, 1.82) is 0 Å². The van der Waals surface area contributed by atoms with Crippen molar-refractivity contribution in [3.8, 4) is 0 Å². The number of aliphatic hydroxyl groups excluding tert-OH is 2. The van der Waals surface area contributed by atoms with Crippen LogP contribution in [0.3, 0.4) is 0 Å². The van der Waals surface area contributed by atoms with Gasteiger partial charge in [0.05, 0.1) is 78.7 Å². The maximum Gasteiger partial charge on any atom is 0.471 e. The van der Waals surface area contributed by atoms with Crippen molar-refractivity contribution in [2.75, 3.05) is 79.8 Å². The fourth-order valence-electron chi connectivity index (χ4n) is 2.71.